The standard InChI is InChI=1S/C26H26Cl2F2N2O5/c27-17-4-6-21-16(9-17)11-23(37-21)26(29,30)25(34)31-20(12-33)24(32-7-1-2-8-32)15-3-5-22(19(28)10-15)36-18-13-35-14-18/h3-6,9-11,18,20,24,33H,1-2,7-8,12-14H2,(H,31,34)/t20-,24-/m0/s1. The van der Waals surface area contributed by atoms with Crippen molar-refractivity contribution < 1.29 is 32.6 Å². The Hall–Kier alpha value is -2.43. The highest BCUT2D eigenvalue weighted by Crippen LogP contribution is 2.37. The number of hydrogen-bond donors (Lipinski definition) is 2. The van der Waals surface area contributed by atoms with Crippen molar-refractivity contribution in [2.45, 2.75) is 37.0 Å². The van der Waals surface area contributed by atoms with E-state index in [1.165, 1.54) is 18.2 Å². The smallest absolute Gasteiger partial charge is 0.380 e. The van der Waals surface area contributed by atoms with Crippen LogP contribution in [0.2, 0.25) is 10.0 Å². The summed E-state index contributed by atoms with van der Waals surface area (Å²) in [7, 11) is 0. The third-order valence-corrected chi connectivity index (χ3v) is 7.23. The van der Waals surface area contributed by atoms with Crippen LogP contribution in [0.25, 0.3) is 11.0 Å². The number of nitrogens with one attached hydrogen (secondary N) is 1. The zero-order valence-corrected chi connectivity index (χ0v) is 21.3. The molecule has 3 aromatic rings. The summed E-state index contributed by atoms with van der Waals surface area (Å²) in [5.74, 6) is -5.87. The molecule has 2 N–H and O–H groups in total. The molecule has 0 spiro atoms. The summed E-state index contributed by atoms with van der Waals surface area (Å²) >= 11 is 12.4. The molecule has 0 radical (unpaired) electrons. The maximum absolute atomic E-state index is 15.2. The van der Waals surface area contributed by atoms with Crippen LogP contribution in [0.3, 0.4) is 0 Å². The number of fused-ring (bicyclic) bond motifs is 1. The number of aliphatic hydroxyl groups is 1. The van der Waals surface area contributed by atoms with E-state index in [4.69, 9.17) is 37.1 Å². The van der Waals surface area contributed by atoms with Gasteiger partial charge >= 0.3 is 5.92 Å². The molecule has 0 unspecified atom stereocenters. The van der Waals surface area contributed by atoms with Gasteiger partial charge in [0.2, 0.25) is 0 Å². The predicted molar refractivity (Wildman–Crippen MR) is 134 cm³/mol. The van der Waals surface area contributed by atoms with Crippen molar-refractivity contribution in [3.8, 4) is 5.75 Å². The van der Waals surface area contributed by atoms with Crippen molar-refractivity contribution in [3.63, 3.8) is 0 Å². The second-order valence-corrected chi connectivity index (χ2v) is 10.1. The first kappa shape index (κ1) is 26.2. The van der Waals surface area contributed by atoms with Gasteiger partial charge in [-0.1, -0.05) is 29.3 Å². The summed E-state index contributed by atoms with van der Waals surface area (Å²) in [5, 5.41) is 13.7. The number of alkyl halides is 2. The number of carbonyl (C=O) groups is 1. The lowest BCUT2D eigenvalue weighted by atomic mass is 9.97. The normalized spacial score (nSPS) is 18.5. The van der Waals surface area contributed by atoms with Crippen LogP contribution in [-0.4, -0.2) is 61.0 Å². The maximum atomic E-state index is 15.2. The van der Waals surface area contributed by atoms with Gasteiger partial charge in [0.1, 0.15) is 17.4 Å². The summed E-state index contributed by atoms with van der Waals surface area (Å²) < 4.78 is 46.6. The Morgan fingerprint density at radius 2 is 1.92 bits per heavy atom. The Morgan fingerprint density at radius 3 is 2.57 bits per heavy atom. The molecular formula is C26H26Cl2F2N2O5. The topological polar surface area (TPSA) is 84.2 Å². The van der Waals surface area contributed by atoms with Gasteiger partial charge in [-0.05, 0) is 67.9 Å². The van der Waals surface area contributed by atoms with E-state index in [0.29, 0.717) is 53.0 Å². The zero-order valence-electron chi connectivity index (χ0n) is 19.8. The fourth-order valence-corrected chi connectivity index (χ4v) is 5.15. The van der Waals surface area contributed by atoms with Gasteiger partial charge < -0.3 is 24.3 Å². The van der Waals surface area contributed by atoms with Crippen LogP contribution in [0.5, 0.6) is 5.75 Å². The summed E-state index contributed by atoms with van der Waals surface area (Å²) in [5.41, 5.74) is 0.857. The van der Waals surface area contributed by atoms with Gasteiger partial charge in [0.05, 0.1) is 36.9 Å². The largest absolute Gasteiger partial charge is 0.484 e. The molecule has 37 heavy (non-hydrogen) atoms. The molecule has 2 saturated heterocycles. The average molecular weight is 555 g/mol. The number of aliphatic hydroxyl groups excluding tert-OH is 1. The molecule has 5 rings (SSSR count). The molecule has 198 valence electrons. The fraction of sp³-hybridized carbons (Fsp3) is 0.423. The Kier molecular flexibility index (Phi) is 7.60. The van der Waals surface area contributed by atoms with Crippen LogP contribution in [0.15, 0.2) is 46.9 Å². The van der Waals surface area contributed by atoms with E-state index in [1.54, 1.807) is 18.2 Å². The Bertz CT molecular complexity index is 1280. The van der Waals surface area contributed by atoms with Gasteiger partial charge in [0, 0.05) is 10.4 Å². The number of likely N-dealkylation sites (tertiary alicyclic amines) is 1. The SMILES string of the molecule is O=C(N[C@@H](CO)[C@H](c1ccc(OC2COC2)c(Cl)c1)N1CCCC1)C(F)(F)c1cc2cc(Cl)ccc2o1. The summed E-state index contributed by atoms with van der Waals surface area (Å²) in [4.78, 5) is 14.9. The summed E-state index contributed by atoms with van der Waals surface area (Å²) in [6.45, 7) is 1.78. The van der Waals surface area contributed by atoms with Crippen LogP contribution >= 0.6 is 23.2 Å². The molecule has 11 heteroatoms. The highest BCUT2D eigenvalue weighted by atomic mass is 35.5. The molecule has 2 aromatic carbocycles. The van der Waals surface area contributed by atoms with Gasteiger partial charge in [-0.15, -0.1) is 0 Å². The molecule has 0 aliphatic carbocycles. The van der Waals surface area contributed by atoms with E-state index in [9.17, 15) is 9.90 Å². The van der Waals surface area contributed by atoms with E-state index in [1.807, 2.05) is 0 Å². The van der Waals surface area contributed by atoms with Crippen molar-refractivity contribution in [3.05, 3.63) is 63.8 Å². The zero-order chi connectivity index (χ0) is 26.2. The van der Waals surface area contributed by atoms with Crippen molar-refractivity contribution >= 4 is 40.1 Å². The molecule has 3 heterocycles. The Labute approximate surface area is 222 Å². The van der Waals surface area contributed by atoms with Gasteiger partial charge in [-0.2, -0.15) is 8.78 Å². The van der Waals surface area contributed by atoms with Crippen LogP contribution in [0.1, 0.15) is 30.2 Å². The average Bonchev–Trinajstić information content (AvgIpc) is 3.52. The van der Waals surface area contributed by atoms with E-state index >= 15 is 8.78 Å². The van der Waals surface area contributed by atoms with Crippen molar-refractivity contribution in [2.75, 3.05) is 32.9 Å². The monoisotopic (exact) mass is 554 g/mol. The molecule has 2 aliphatic heterocycles. The van der Waals surface area contributed by atoms with Gasteiger partial charge in [-0.25, -0.2) is 0 Å². The van der Waals surface area contributed by atoms with Crippen molar-refractivity contribution in [2.24, 2.45) is 0 Å². The second-order valence-electron chi connectivity index (χ2n) is 9.28. The third-order valence-electron chi connectivity index (χ3n) is 6.70. The van der Waals surface area contributed by atoms with Gasteiger partial charge in [0.25, 0.3) is 5.91 Å². The van der Waals surface area contributed by atoms with Gasteiger partial charge in [-0.3, -0.25) is 9.69 Å². The highest BCUT2D eigenvalue weighted by Gasteiger charge is 2.46. The summed E-state index contributed by atoms with van der Waals surface area (Å²) in [6, 6.07) is 9.12. The van der Waals surface area contributed by atoms with E-state index in [-0.39, 0.29) is 11.7 Å². The number of benzene rings is 2. The number of amides is 1. The lowest BCUT2D eigenvalue weighted by Gasteiger charge is -2.35. The first-order chi connectivity index (χ1) is 17.8. The molecular weight excluding hydrogens is 529 g/mol. The van der Waals surface area contributed by atoms with E-state index in [0.717, 1.165) is 18.9 Å². The number of halogens is 4. The van der Waals surface area contributed by atoms with Crippen LogP contribution in [-0.2, 0) is 15.5 Å². The summed E-state index contributed by atoms with van der Waals surface area (Å²) in [6.07, 6.45) is 1.76. The number of ether oxygens (including phenoxy) is 2. The van der Waals surface area contributed by atoms with Crippen LogP contribution in [0.4, 0.5) is 8.78 Å². The van der Waals surface area contributed by atoms with Crippen LogP contribution in [0, 0.1) is 0 Å². The predicted octanol–water partition coefficient (Wildman–Crippen LogP) is 4.92. The number of carbonyl (C=O) groups excluding carboxylic acids is 1. The Morgan fingerprint density at radius 1 is 1.16 bits per heavy atom. The van der Waals surface area contributed by atoms with Crippen LogP contribution < -0.4 is 10.1 Å². The minimum absolute atomic E-state index is 0.0706. The molecule has 7 nitrogen and oxygen atoms in total. The third kappa shape index (κ3) is 5.42. The fourth-order valence-electron chi connectivity index (χ4n) is 4.74. The van der Waals surface area contributed by atoms with Gasteiger partial charge in [0.15, 0.2) is 5.76 Å². The molecule has 2 fully saturated rings. The molecule has 1 aromatic heterocycles. The molecule has 2 atom stereocenters. The maximum Gasteiger partial charge on any atom is 0.380 e. The lowest BCUT2D eigenvalue weighted by molar-refractivity contribution is -0.151. The number of furan rings is 1. The lowest BCUT2D eigenvalue weighted by Crippen LogP contribution is -2.51. The minimum Gasteiger partial charge on any atom is -0.484 e. The second kappa shape index (κ2) is 10.7. The molecule has 1 amide bonds. The number of hydrogen-bond acceptors (Lipinski definition) is 6. The number of nitrogens with zero attached hydrogens (tertiary/aromatic N) is 1. The molecule has 2 aliphatic rings. The quantitative estimate of drug-likeness (QED) is 0.390. The first-order valence-electron chi connectivity index (χ1n) is 12.0. The number of rotatable bonds is 9. The van der Waals surface area contributed by atoms with Crippen molar-refractivity contribution in [1.29, 1.82) is 0 Å². The Balaban J connectivity index is 1.39. The van der Waals surface area contributed by atoms with E-state index in [2.05, 4.69) is 10.2 Å². The van der Waals surface area contributed by atoms with Crippen molar-refractivity contribution in [1.82, 2.24) is 10.2 Å². The highest BCUT2D eigenvalue weighted by molar-refractivity contribution is 6.32. The first-order valence-corrected chi connectivity index (χ1v) is 12.8. The molecule has 0 saturated carbocycles. The minimum atomic E-state index is -3.98. The molecule has 0 bridgehead atoms. The van der Waals surface area contributed by atoms with E-state index < -0.39 is 36.3 Å².